The first-order chi connectivity index (χ1) is 6.86. The maximum Gasteiger partial charge on any atom is 0.251 e. The molecule has 0 bridgehead atoms. The molecule has 1 aliphatic heterocycles. The Morgan fingerprint density at radius 1 is 1.36 bits per heavy atom. The van der Waals surface area contributed by atoms with E-state index in [0.717, 1.165) is 13.0 Å². The molecule has 1 aromatic carbocycles. The third-order valence-corrected chi connectivity index (χ3v) is 2.30. The van der Waals surface area contributed by atoms with Crippen LogP contribution in [0.3, 0.4) is 0 Å². The Balaban J connectivity index is 1.95. The van der Waals surface area contributed by atoms with Crippen molar-refractivity contribution in [1.29, 1.82) is 0 Å². The first-order valence-electron chi connectivity index (χ1n) is 4.80. The minimum absolute atomic E-state index is 0.0129. The summed E-state index contributed by atoms with van der Waals surface area (Å²) in [6.45, 7) is 1.39. The number of ether oxygens (including phenoxy) is 1. The van der Waals surface area contributed by atoms with Gasteiger partial charge in [-0.2, -0.15) is 0 Å². The van der Waals surface area contributed by atoms with Crippen molar-refractivity contribution in [3.05, 3.63) is 35.9 Å². The van der Waals surface area contributed by atoms with Crippen LogP contribution in [0.5, 0.6) is 0 Å². The zero-order valence-corrected chi connectivity index (χ0v) is 7.90. The fraction of sp³-hybridized carbons (Fsp3) is 0.364. The highest BCUT2D eigenvalue weighted by molar-refractivity contribution is 5.94. The lowest BCUT2D eigenvalue weighted by Crippen LogP contribution is -2.34. The van der Waals surface area contributed by atoms with Crippen LogP contribution >= 0.6 is 0 Å². The van der Waals surface area contributed by atoms with Gasteiger partial charge in [-0.3, -0.25) is 4.79 Å². The summed E-state index contributed by atoms with van der Waals surface area (Å²) in [5.74, 6) is -0.0129. The Bertz CT molecular complexity index is 304. The van der Waals surface area contributed by atoms with Crippen molar-refractivity contribution in [2.75, 3.05) is 13.2 Å². The smallest absolute Gasteiger partial charge is 0.251 e. The van der Waals surface area contributed by atoms with Gasteiger partial charge in [-0.1, -0.05) is 18.2 Å². The molecule has 1 aromatic rings. The van der Waals surface area contributed by atoms with Gasteiger partial charge in [-0.25, -0.2) is 0 Å². The number of amides is 1. The van der Waals surface area contributed by atoms with Crippen molar-refractivity contribution in [1.82, 2.24) is 5.32 Å². The van der Waals surface area contributed by atoms with E-state index in [1.807, 2.05) is 30.3 Å². The van der Waals surface area contributed by atoms with E-state index < -0.39 is 0 Å². The molecule has 0 spiro atoms. The molecule has 1 atom stereocenters. The highest BCUT2D eigenvalue weighted by Gasteiger charge is 2.17. The topological polar surface area (TPSA) is 38.3 Å². The average molecular weight is 191 g/mol. The van der Waals surface area contributed by atoms with Crippen LogP contribution in [-0.2, 0) is 4.74 Å². The summed E-state index contributed by atoms with van der Waals surface area (Å²) in [6.07, 6.45) is 0.915. The minimum atomic E-state index is -0.0129. The lowest BCUT2D eigenvalue weighted by molar-refractivity contribution is 0.0930. The molecule has 0 aromatic heterocycles. The van der Waals surface area contributed by atoms with Gasteiger partial charge in [0.05, 0.1) is 12.6 Å². The molecule has 1 heterocycles. The predicted molar refractivity (Wildman–Crippen MR) is 53.1 cm³/mol. The Morgan fingerprint density at radius 3 is 2.79 bits per heavy atom. The zero-order chi connectivity index (χ0) is 9.80. The molecular weight excluding hydrogens is 178 g/mol. The van der Waals surface area contributed by atoms with Crippen LogP contribution in [0.1, 0.15) is 16.8 Å². The van der Waals surface area contributed by atoms with Crippen LogP contribution in [0.4, 0.5) is 0 Å². The van der Waals surface area contributed by atoms with Crippen LogP contribution < -0.4 is 5.32 Å². The molecule has 2 rings (SSSR count). The second kappa shape index (κ2) is 4.24. The van der Waals surface area contributed by atoms with Gasteiger partial charge in [0.25, 0.3) is 5.91 Å². The van der Waals surface area contributed by atoms with Crippen LogP contribution in [0.25, 0.3) is 0 Å². The lowest BCUT2D eigenvalue weighted by atomic mass is 10.2. The number of benzene rings is 1. The van der Waals surface area contributed by atoms with Crippen molar-refractivity contribution >= 4 is 5.91 Å². The van der Waals surface area contributed by atoms with Crippen LogP contribution in [0, 0.1) is 0 Å². The van der Waals surface area contributed by atoms with E-state index in [1.165, 1.54) is 0 Å². The second-order valence-electron chi connectivity index (χ2n) is 3.40. The third-order valence-electron chi connectivity index (χ3n) is 2.30. The number of carbonyl (C=O) groups excluding carboxylic acids is 1. The number of hydrogen-bond acceptors (Lipinski definition) is 2. The van der Waals surface area contributed by atoms with E-state index in [9.17, 15) is 4.79 Å². The van der Waals surface area contributed by atoms with E-state index in [4.69, 9.17) is 4.74 Å². The fourth-order valence-corrected chi connectivity index (χ4v) is 1.51. The van der Waals surface area contributed by atoms with Gasteiger partial charge in [0.1, 0.15) is 0 Å². The average Bonchev–Trinajstić information content (AvgIpc) is 2.72. The molecule has 0 aliphatic carbocycles. The van der Waals surface area contributed by atoms with Crippen molar-refractivity contribution in [2.45, 2.75) is 12.5 Å². The van der Waals surface area contributed by atoms with Gasteiger partial charge in [-0.15, -0.1) is 0 Å². The molecule has 1 N–H and O–H groups in total. The molecule has 74 valence electrons. The van der Waals surface area contributed by atoms with Gasteiger partial charge >= 0.3 is 0 Å². The highest BCUT2D eigenvalue weighted by atomic mass is 16.5. The van der Waals surface area contributed by atoms with E-state index in [-0.39, 0.29) is 11.9 Å². The molecule has 0 radical (unpaired) electrons. The van der Waals surface area contributed by atoms with E-state index in [2.05, 4.69) is 5.32 Å². The standard InChI is InChI=1S/C11H13NO2/c13-11(9-4-2-1-3-5-9)12-10-6-7-14-8-10/h1-5,10H,6-8H2,(H,12,13). The molecule has 1 fully saturated rings. The maximum absolute atomic E-state index is 11.6. The van der Waals surface area contributed by atoms with Crippen molar-refractivity contribution in [3.8, 4) is 0 Å². The molecule has 1 saturated heterocycles. The number of rotatable bonds is 2. The highest BCUT2D eigenvalue weighted by Crippen LogP contribution is 2.05. The summed E-state index contributed by atoms with van der Waals surface area (Å²) < 4.78 is 5.18. The summed E-state index contributed by atoms with van der Waals surface area (Å²) in [7, 11) is 0. The Morgan fingerprint density at radius 2 is 2.14 bits per heavy atom. The van der Waals surface area contributed by atoms with Gasteiger partial charge in [0, 0.05) is 12.2 Å². The summed E-state index contributed by atoms with van der Waals surface area (Å²) in [5, 5.41) is 2.93. The van der Waals surface area contributed by atoms with Crippen LogP contribution in [0.2, 0.25) is 0 Å². The molecule has 14 heavy (non-hydrogen) atoms. The number of nitrogens with one attached hydrogen (secondary N) is 1. The summed E-state index contributed by atoms with van der Waals surface area (Å²) in [4.78, 5) is 11.6. The predicted octanol–water partition coefficient (Wildman–Crippen LogP) is 1.21. The van der Waals surface area contributed by atoms with E-state index in [0.29, 0.717) is 12.2 Å². The Labute approximate surface area is 83.1 Å². The van der Waals surface area contributed by atoms with Gasteiger partial charge in [-0.05, 0) is 18.6 Å². The molecule has 3 heteroatoms. The van der Waals surface area contributed by atoms with Crippen LogP contribution in [0.15, 0.2) is 30.3 Å². The fourth-order valence-electron chi connectivity index (χ4n) is 1.51. The third kappa shape index (κ3) is 2.12. The summed E-state index contributed by atoms with van der Waals surface area (Å²) in [6, 6.07) is 9.42. The summed E-state index contributed by atoms with van der Waals surface area (Å²) >= 11 is 0. The molecule has 0 saturated carbocycles. The quantitative estimate of drug-likeness (QED) is 0.763. The Kier molecular flexibility index (Phi) is 2.79. The SMILES string of the molecule is O=C(NC1CCOC1)c1ccccc1. The minimum Gasteiger partial charge on any atom is -0.379 e. The van der Waals surface area contributed by atoms with E-state index >= 15 is 0 Å². The van der Waals surface area contributed by atoms with Gasteiger partial charge < -0.3 is 10.1 Å². The first kappa shape index (κ1) is 9.21. The molecule has 3 nitrogen and oxygen atoms in total. The number of carbonyl (C=O) groups is 1. The second-order valence-corrected chi connectivity index (χ2v) is 3.40. The Hall–Kier alpha value is -1.35. The van der Waals surface area contributed by atoms with Crippen LogP contribution in [-0.4, -0.2) is 25.2 Å². The molecule has 1 amide bonds. The van der Waals surface area contributed by atoms with Crippen molar-refractivity contribution < 1.29 is 9.53 Å². The largest absolute Gasteiger partial charge is 0.379 e. The van der Waals surface area contributed by atoms with Crippen molar-refractivity contribution in [3.63, 3.8) is 0 Å². The molecular formula is C11H13NO2. The zero-order valence-electron chi connectivity index (χ0n) is 7.90. The first-order valence-corrected chi connectivity index (χ1v) is 4.80. The monoisotopic (exact) mass is 191 g/mol. The normalized spacial score (nSPS) is 20.7. The number of hydrogen-bond donors (Lipinski definition) is 1. The summed E-state index contributed by atoms with van der Waals surface area (Å²) in [5.41, 5.74) is 0.708. The lowest BCUT2D eigenvalue weighted by Gasteiger charge is -2.09. The van der Waals surface area contributed by atoms with Gasteiger partial charge in [0.15, 0.2) is 0 Å². The van der Waals surface area contributed by atoms with Gasteiger partial charge in [0.2, 0.25) is 0 Å². The maximum atomic E-state index is 11.6. The molecule has 1 aliphatic rings. The molecule has 1 unspecified atom stereocenters. The van der Waals surface area contributed by atoms with Crippen molar-refractivity contribution in [2.24, 2.45) is 0 Å². The van der Waals surface area contributed by atoms with E-state index in [1.54, 1.807) is 0 Å².